The molecule has 1 aliphatic heterocycles. The average Bonchev–Trinajstić information content (AvgIpc) is 3.12. The first-order chi connectivity index (χ1) is 11.7. The molecule has 1 saturated heterocycles. The van der Waals surface area contributed by atoms with Crippen LogP contribution in [0.15, 0.2) is 54.6 Å². The normalized spacial score (nSPS) is 15.9. The quantitative estimate of drug-likeness (QED) is 0.716. The van der Waals surface area contributed by atoms with Gasteiger partial charge < -0.3 is 15.5 Å². The van der Waals surface area contributed by atoms with Gasteiger partial charge in [0.2, 0.25) is 0 Å². The Balaban J connectivity index is 1.60. The van der Waals surface area contributed by atoms with Crippen molar-refractivity contribution in [3.05, 3.63) is 65.2 Å². The largest absolute Gasteiger partial charge is 0.356 e. The first kappa shape index (κ1) is 17.2. The zero-order chi connectivity index (χ0) is 16.8. The van der Waals surface area contributed by atoms with Crippen molar-refractivity contribution in [2.75, 3.05) is 25.0 Å². The van der Waals surface area contributed by atoms with E-state index in [1.54, 1.807) is 4.90 Å². The van der Waals surface area contributed by atoms with Gasteiger partial charge in [-0.25, -0.2) is 0 Å². The lowest BCUT2D eigenvalue weighted by molar-refractivity contribution is -0.918. The van der Waals surface area contributed by atoms with Crippen molar-refractivity contribution in [2.45, 2.75) is 18.9 Å². The number of quaternary nitrogens is 1. The lowest BCUT2D eigenvalue weighted by Gasteiger charge is -2.26. The standard InChI is InChI=1S/C19H22ClN3S/c20-16-8-10-17(11-9-16)22-19(24)21-14-18(23-12-4-5-13-23)15-6-2-1-3-7-15/h1-3,6-11,18H,4-5,12-14H2,(H2,21,22,24)/p+1/t18-/m0/s1. The van der Waals surface area contributed by atoms with Crippen LogP contribution in [0.5, 0.6) is 0 Å². The third-order valence-electron chi connectivity index (χ3n) is 4.51. The van der Waals surface area contributed by atoms with E-state index in [1.165, 1.54) is 31.5 Å². The van der Waals surface area contributed by atoms with E-state index in [1.807, 2.05) is 24.3 Å². The first-order valence-corrected chi connectivity index (χ1v) is 9.21. The second-order valence-electron chi connectivity index (χ2n) is 6.17. The molecule has 0 amide bonds. The molecule has 0 bridgehead atoms. The summed E-state index contributed by atoms with van der Waals surface area (Å²) in [6.07, 6.45) is 2.62. The van der Waals surface area contributed by atoms with Gasteiger partial charge in [-0.2, -0.15) is 0 Å². The summed E-state index contributed by atoms with van der Waals surface area (Å²) in [6.45, 7) is 3.30. The summed E-state index contributed by atoms with van der Waals surface area (Å²) in [4.78, 5) is 1.64. The van der Waals surface area contributed by atoms with Crippen LogP contribution in [0.1, 0.15) is 24.4 Å². The summed E-state index contributed by atoms with van der Waals surface area (Å²) in [7, 11) is 0. The Morgan fingerprint density at radius 3 is 2.38 bits per heavy atom. The van der Waals surface area contributed by atoms with Crippen molar-refractivity contribution in [1.82, 2.24) is 5.32 Å². The minimum absolute atomic E-state index is 0.429. The smallest absolute Gasteiger partial charge is 0.171 e. The Morgan fingerprint density at radius 1 is 1.04 bits per heavy atom. The van der Waals surface area contributed by atoms with Crippen molar-refractivity contribution in [2.24, 2.45) is 0 Å². The van der Waals surface area contributed by atoms with Gasteiger partial charge in [0.25, 0.3) is 0 Å². The van der Waals surface area contributed by atoms with Crippen LogP contribution in [0.3, 0.4) is 0 Å². The predicted octanol–water partition coefficient (Wildman–Crippen LogP) is 3.05. The van der Waals surface area contributed by atoms with Gasteiger partial charge >= 0.3 is 0 Å². The molecule has 1 aliphatic rings. The molecule has 0 aromatic heterocycles. The number of hydrogen-bond acceptors (Lipinski definition) is 1. The number of rotatable bonds is 5. The molecule has 3 rings (SSSR count). The van der Waals surface area contributed by atoms with Crippen LogP contribution in [0.2, 0.25) is 5.02 Å². The average molecular weight is 361 g/mol. The summed E-state index contributed by atoms with van der Waals surface area (Å²) in [5, 5.41) is 7.98. The molecular formula is C19H23ClN3S+. The van der Waals surface area contributed by atoms with Gasteiger partial charge in [-0.15, -0.1) is 0 Å². The van der Waals surface area contributed by atoms with Gasteiger partial charge in [-0.3, -0.25) is 0 Å². The highest BCUT2D eigenvalue weighted by atomic mass is 35.5. The molecule has 3 nitrogen and oxygen atoms in total. The fourth-order valence-electron chi connectivity index (χ4n) is 3.26. The number of benzene rings is 2. The molecule has 24 heavy (non-hydrogen) atoms. The number of thiocarbonyl (C=S) groups is 1. The van der Waals surface area contributed by atoms with Crippen molar-refractivity contribution in [3.63, 3.8) is 0 Å². The van der Waals surface area contributed by atoms with E-state index < -0.39 is 0 Å². The van der Waals surface area contributed by atoms with E-state index in [0.29, 0.717) is 11.2 Å². The van der Waals surface area contributed by atoms with E-state index in [-0.39, 0.29) is 0 Å². The topological polar surface area (TPSA) is 28.5 Å². The molecule has 0 spiro atoms. The van der Waals surface area contributed by atoms with Crippen LogP contribution in [-0.4, -0.2) is 24.7 Å². The fourth-order valence-corrected chi connectivity index (χ4v) is 3.59. The highest BCUT2D eigenvalue weighted by Crippen LogP contribution is 2.14. The fraction of sp³-hybridized carbons (Fsp3) is 0.316. The van der Waals surface area contributed by atoms with Crippen LogP contribution in [-0.2, 0) is 0 Å². The van der Waals surface area contributed by atoms with Crippen LogP contribution >= 0.6 is 23.8 Å². The number of likely N-dealkylation sites (tertiary alicyclic amines) is 1. The van der Waals surface area contributed by atoms with E-state index in [4.69, 9.17) is 23.8 Å². The number of anilines is 1. The van der Waals surface area contributed by atoms with Gasteiger partial charge in [-0.1, -0.05) is 41.9 Å². The highest BCUT2D eigenvalue weighted by molar-refractivity contribution is 7.80. The number of halogens is 1. The highest BCUT2D eigenvalue weighted by Gasteiger charge is 2.27. The number of nitrogens with one attached hydrogen (secondary N) is 3. The van der Waals surface area contributed by atoms with E-state index >= 15 is 0 Å². The molecule has 2 aromatic carbocycles. The van der Waals surface area contributed by atoms with Crippen molar-refractivity contribution >= 4 is 34.6 Å². The summed E-state index contributed by atoms with van der Waals surface area (Å²) in [6, 6.07) is 18.7. The first-order valence-electron chi connectivity index (χ1n) is 8.42. The van der Waals surface area contributed by atoms with E-state index in [9.17, 15) is 0 Å². The summed E-state index contributed by atoms with van der Waals surface area (Å²) in [5.41, 5.74) is 2.32. The third kappa shape index (κ3) is 4.69. The molecule has 2 aromatic rings. The molecule has 0 aliphatic carbocycles. The number of hydrogen-bond donors (Lipinski definition) is 3. The predicted molar refractivity (Wildman–Crippen MR) is 105 cm³/mol. The summed E-state index contributed by atoms with van der Waals surface area (Å²) in [5.74, 6) is 0. The monoisotopic (exact) mass is 360 g/mol. The molecule has 5 heteroatoms. The zero-order valence-electron chi connectivity index (χ0n) is 13.6. The van der Waals surface area contributed by atoms with E-state index in [0.717, 1.165) is 17.3 Å². The minimum atomic E-state index is 0.429. The van der Waals surface area contributed by atoms with Gasteiger partial charge in [0.15, 0.2) is 5.11 Å². The van der Waals surface area contributed by atoms with Crippen molar-refractivity contribution in [1.29, 1.82) is 0 Å². The summed E-state index contributed by atoms with van der Waals surface area (Å²) < 4.78 is 0. The SMILES string of the molecule is S=C(NC[C@@H](c1ccccc1)[NH+]1CCCC1)Nc1ccc(Cl)cc1. The van der Waals surface area contributed by atoms with Crippen LogP contribution in [0.4, 0.5) is 5.69 Å². The van der Waals surface area contributed by atoms with Crippen LogP contribution < -0.4 is 15.5 Å². The van der Waals surface area contributed by atoms with Crippen LogP contribution in [0, 0.1) is 0 Å². The van der Waals surface area contributed by atoms with Crippen molar-refractivity contribution in [3.8, 4) is 0 Å². The Kier molecular flexibility index (Phi) is 6.07. The Labute approximate surface area is 154 Å². The van der Waals surface area contributed by atoms with Gasteiger partial charge in [0, 0.05) is 29.1 Å². The zero-order valence-corrected chi connectivity index (χ0v) is 15.2. The Bertz CT molecular complexity index is 654. The molecule has 0 unspecified atom stereocenters. The van der Waals surface area contributed by atoms with Crippen LogP contribution in [0.25, 0.3) is 0 Å². The molecule has 1 fully saturated rings. The molecular weight excluding hydrogens is 338 g/mol. The molecule has 1 heterocycles. The Hall–Kier alpha value is -1.62. The van der Waals surface area contributed by atoms with E-state index in [2.05, 4.69) is 41.0 Å². The maximum atomic E-state index is 5.91. The van der Waals surface area contributed by atoms with Gasteiger partial charge in [-0.05, 0) is 36.5 Å². The Morgan fingerprint density at radius 2 is 1.71 bits per heavy atom. The van der Waals surface area contributed by atoms with Crippen molar-refractivity contribution < 1.29 is 4.90 Å². The molecule has 0 radical (unpaired) electrons. The molecule has 3 N–H and O–H groups in total. The summed E-state index contributed by atoms with van der Waals surface area (Å²) >= 11 is 11.4. The maximum absolute atomic E-state index is 5.91. The molecule has 126 valence electrons. The third-order valence-corrected chi connectivity index (χ3v) is 5.01. The maximum Gasteiger partial charge on any atom is 0.171 e. The van der Waals surface area contributed by atoms with Gasteiger partial charge in [0.05, 0.1) is 19.6 Å². The lowest BCUT2D eigenvalue weighted by atomic mass is 10.1. The second kappa shape index (κ2) is 8.47. The minimum Gasteiger partial charge on any atom is -0.356 e. The molecule has 0 saturated carbocycles. The lowest BCUT2D eigenvalue weighted by Crippen LogP contribution is -3.11. The van der Waals surface area contributed by atoms with Gasteiger partial charge in [0.1, 0.15) is 6.04 Å². The second-order valence-corrected chi connectivity index (χ2v) is 7.02. The molecule has 1 atom stereocenters.